The molecule has 0 aliphatic carbocycles. The van der Waals surface area contributed by atoms with Crippen LogP contribution in [0.3, 0.4) is 0 Å². The number of nitrogens with one attached hydrogen (secondary N) is 1. The molecule has 3 aromatic rings. The number of carbonyl (C=O) groups excluding carboxylic acids is 1. The topological polar surface area (TPSA) is 90.5 Å². The molecule has 0 aliphatic heterocycles. The Kier molecular flexibility index (Phi) is 5.93. The number of carbonyl (C=O) groups is 1. The lowest BCUT2D eigenvalue weighted by molar-refractivity contribution is 0.0319. The largest absolute Gasteiger partial charge is 0.490 e. The Balaban J connectivity index is 1.82. The van der Waals surface area contributed by atoms with Crippen molar-refractivity contribution in [1.82, 2.24) is 9.97 Å². The highest BCUT2D eigenvalue weighted by Gasteiger charge is 2.18. The van der Waals surface area contributed by atoms with Crippen LogP contribution in [0, 0.1) is 0 Å². The fourth-order valence-electron chi connectivity index (χ4n) is 2.76. The smallest absolute Gasteiger partial charge is 0.338 e. The zero-order valence-corrected chi connectivity index (χ0v) is 16.0. The van der Waals surface area contributed by atoms with E-state index >= 15 is 0 Å². The molecule has 3 rings (SSSR count). The highest BCUT2D eigenvalue weighted by Crippen LogP contribution is 2.29. The predicted octanol–water partition coefficient (Wildman–Crippen LogP) is 3.64. The summed E-state index contributed by atoms with van der Waals surface area (Å²) in [6.45, 7) is 6.31. The van der Waals surface area contributed by atoms with Crippen LogP contribution >= 0.6 is 0 Å². The minimum Gasteiger partial charge on any atom is -0.490 e. The quantitative estimate of drug-likeness (QED) is 0.628. The third-order valence-corrected chi connectivity index (χ3v) is 4.08. The summed E-state index contributed by atoms with van der Waals surface area (Å²) in [5.41, 5.74) is 0.592. The molecule has 0 aliphatic rings. The van der Waals surface area contributed by atoms with E-state index in [4.69, 9.17) is 14.2 Å². The number of nitrogens with zero attached hydrogens (tertiary/aromatic N) is 1. The molecule has 1 aromatic heterocycles. The Bertz CT molecular complexity index is 1040. The van der Waals surface area contributed by atoms with Crippen molar-refractivity contribution < 1.29 is 19.0 Å². The lowest BCUT2D eigenvalue weighted by atomic mass is 10.2. The number of aromatic nitrogens is 2. The Morgan fingerprint density at radius 1 is 1.07 bits per heavy atom. The van der Waals surface area contributed by atoms with Crippen LogP contribution in [0.2, 0.25) is 0 Å². The van der Waals surface area contributed by atoms with Crippen LogP contribution in [0.5, 0.6) is 11.5 Å². The molecule has 7 heteroatoms. The van der Waals surface area contributed by atoms with Crippen LogP contribution in [-0.4, -0.2) is 29.2 Å². The molecule has 1 N–H and O–H groups in total. The summed E-state index contributed by atoms with van der Waals surface area (Å²) in [4.78, 5) is 31.8. The number of benzene rings is 2. The first-order valence-corrected chi connectivity index (χ1v) is 9.13. The van der Waals surface area contributed by atoms with E-state index in [1.54, 1.807) is 49.4 Å². The SMILES string of the molecule is CCOc1ccc(C(=O)O[C@@H](C)c2nc3ccccc3c(=O)[nH]2)cc1OCC. The van der Waals surface area contributed by atoms with E-state index in [-0.39, 0.29) is 11.4 Å². The normalized spacial score (nSPS) is 11.8. The van der Waals surface area contributed by atoms with Crippen LogP contribution < -0.4 is 15.0 Å². The second-order valence-corrected chi connectivity index (χ2v) is 6.04. The summed E-state index contributed by atoms with van der Waals surface area (Å²) >= 11 is 0. The maximum absolute atomic E-state index is 12.6. The summed E-state index contributed by atoms with van der Waals surface area (Å²) in [6, 6.07) is 11.9. The second kappa shape index (κ2) is 8.56. The Labute approximate surface area is 162 Å². The van der Waals surface area contributed by atoms with E-state index in [9.17, 15) is 9.59 Å². The molecular formula is C21H22N2O5. The zero-order valence-electron chi connectivity index (χ0n) is 16.0. The lowest BCUT2D eigenvalue weighted by Crippen LogP contribution is -2.17. The number of rotatable bonds is 7. The van der Waals surface area contributed by atoms with Crippen molar-refractivity contribution in [1.29, 1.82) is 0 Å². The van der Waals surface area contributed by atoms with Crippen LogP contribution in [0.25, 0.3) is 10.9 Å². The molecule has 0 amide bonds. The molecule has 0 saturated heterocycles. The van der Waals surface area contributed by atoms with Crippen molar-refractivity contribution in [3.05, 3.63) is 64.2 Å². The predicted molar refractivity (Wildman–Crippen MR) is 105 cm³/mol. The third kappa shape index (κ3) is 4.14. The molecule has 0 bridgehead atoms. The van der Waals surface area contributed by atoms with Crippen LogP contribution in [-0.2, 0) is 4.74 Å². The summed E-state index contributed by atoms with van der Waals surface area (Å²) in [6.07, 6.45) is -0.730. The number of aromatic amines is 1. The van der Waals surface area contributed by atoms with Gasteiger partial charge in [0.15, 0.2) is 23.4 Å². The van der Waals surface area contributed by atoms with Gasteiger partial charge in [-0.1, -0.05) is 12.1 Å². The van der Waals surface area contributed by atoms with Gasteiger partial charge in [0.2, 0.25) is 0 Å². The molecule has 0 saturated carbocycles. The number of hydrogen-bond acceptors (Lipinski definition) is 6. The van der Waals surface area contributed by atoms with E-state index in [0.29, 0.717) is 41.2 Å². The minimum absolute atomic E-state index is 0.275. The van der Waals surface area contributed by atoms with Gasteiger partial charge in [-0.3, -0.25) is 4.79 Å². The highest BCUT2D eigenvalue weighted by molar-refractivity contribution is 5.90. The van der Waals surface area contributed by atoms with Gasteiger partial charge in [0, 0.05) is 0 Å². The first-order chi connectivity index (χ1) is 13.5. The minimum atomic E-state index is -0.730. The number of ether oxygens (including phenoxy) is 3. The molecule has 2 aromatic carbocycles. The summed E-state index contributed by atoms with van der Waals surface area (Å²) in [7, 11) is 0. The average Bonchev–Trinajstić information content (AvgIpc) is 2.69. The number of fused-ring (bicyclic) bond motifs is 1. The summed E-state index contributed by atoms with van der Waals surface area (Å²) in [5, 5.41) is 0.484. The van der Waals surface area contributed by atoms with Gasteiger partial charge in [-0.05, 0) is 51.1 Å². The Morgan fingerprint density at radius 3 is 2.54 bits per heavy atom. The van der Waals surface area contributed by atoms with Gasteiger partial charge in [0.25, 0.3) is 5.56 Å². The fraction of sp³-hybridized carbons (Fsp3) is 0.286. The number of esters is 1. The maximum atomic E-state index is 12.6. The third-order valence-electron chi connectivity index (χ3n) is 4.08. The average molecular weight is 382 g/mol. The molecule has 1 atom stereocenters. The number of H-pyrrole nitrogens is 1. The van der Waals surface area contributed by atoms with E-state index in [0.717, 1.165) is 0 Å². The molecule has 0 radical (unpaired) electrons. The van der Waals surface area contributed by atoms with E-state index in [1.165, 1.54) is 0 Å². The van der Waals surface area contributed by atoms with Gasteiger partial charge in [-0.15, -0.1) is 0 Å². The van der Waals surface area contributed by atoms with Gasteiger partial charge in [0.1, 0.15) is 0 Å². The molecule has 0 fully saturated rings. The number of para-hydroxylation sites is 1. The number of hydrogen-bond donors (Lipinski definition) is 1. The van der Waals surface area contributed by atoms with Gasteiger partial charge >= 0.3 is 5.97 Å². The van der Waals surface area contributed by atoms with Crippen LogP contribution in [0.15, 0.2) is 47.3 Å². The second-order valence-electron chi connectivity index (χ2n) is 6.04. The van der Waals surface area contributed by atoms with Gasteiger partial charge in [0.05, 0.1) is 29.7 Å². The standard InChI is InChI=1S/C21H22N2O5/c1-4-26-17-11-10-14(12-18(17)27-5-2)21(25)28-13(3)19-22-16-9-7-6-8-15(16)20(24)23-19/h6-13H,4-5H2,1-3H3,(H,22,23,24)/t13-/m0/s1. The Morgan fingerprint density at radius 2 is 1.79 bits per heavy atom. The molecule has 28 heavy (non-hydrogen) atoms. The highest BCUT2D eigenvalue weighted by atomic mass is 16.5. The summed E-state index contributed by atoms with van der Waals surface area (Å²) in [5.74, 6) is 0.776. The summed E-state index contributed by atoms with van der Waals surface area (Å²) < 4.78 is 16.5. The van der Waals surface area contributed by atoms with Crippen molar-refractivity contribution in [2.24, 2.45) is 0 Å². The molecule has 1 heterocycles. The van der Waals surface area contributed by atoms with E-state index in [1.807, 2.05) is 13.8 Å². The van der Waals surface area contributed by atoms with Crippen molar-refractivity contribution in [3.63, 3.8) is 0 Å². The van der Waals surface area contributed by atoms with Crippen molar-refractivity contribution in [2.45, 2.75) is 26.9 Å². The Hall–Kier alpha value is -3.35. The maximum Gasteiger partial charge on any atom is 0.338 e. The van der Waals surface area contributed by atoms with Gasteiger partial charge in [-0.2, -0.15) is 0 Å². The molecule has 146 valence electrons. The molecule has 7 nitrogen and oxygen atoms in total. The van der Waals surface area contributed by atoms with Crippen molar-refractivity contribution in [3.8, 4) is 11.5 Å². The van der Waals surface area contributed by atoms with Crippen LogP contribution in [0.1, 0.15) is 43.1 Å². The molecular weight excluding hydrogens is 360 g/mol. The van der Waals surface area contributed by atoms with E-state index < -0.39 is 12.1 Å². The van der Waals surface area contributed by atoms with Gasteiger partial charge in [-0.25, -0.2) is 9.78 Å². The monoisotopic (exact) mass is 382 g/mol. The first kappa shape index (κ1) is 19.4. The van der Waals surface area contributed by atoms with E-state index in [2.05, 4.69) is 9.97 Å². The first-order valence-electron chi connectivity index (χ1n) is 9.13. The van der Waals surface area contributed by atoms with Crippen LogP contribution in [0.4, 0.5) is 0 Å². The lowest BCUT2D eigenvalue weighted by Gasteiger charge is -2.15. The van der Waals surface area contributed by atoms with Gasteiger partial charge < -0.3 is 19.2 Å². The van der Waals surface area contributed by atoms with Crippen molar-refractivity contribution >= 4 is 16.9 Å². The zero-order chi connectivity index (χ0) is 20.1. The fourth-order valence-corrected chi connectivity index (χ4v) is 2.76. The van der Waals surface area contributed by atoms with Crippen molar-refractivity contribution in [2.75, 3.05) is 13.2 Å². The molecule has 0 spiro atoms. The molecule has 0 unspecified atom stereocenters.